The van der Waals surface area contributed by atoms with Crippen LogP contribution in [0.4, 0.5) is 5.82 Å². The van der Waals surface area contributed by atoms with E-state index in [0.29, 0.717) is 17.1 Å². The van der Waals surface area contributed by atoms with Gasteiger partial charge in [0.05, 0.1) is 11.7 Å². The fourth-order valence-electron chi connectivity index (χ4n) is 2.89. The zero-order chi connectivity index (χ0) is 22.4. The number of amides is 1. The maximum Gasteiger partial charge on any atom is 0.337 e. The van der Waals surface area contributed by atoms with Crippen molar-refractivity contribution in [1.82, 2.24) is 4.98 Å². The average molecular weight is 420 g/mol. The molecular formula is C24H24N2O5. The number of aromatic carboxylic acids is 1. The fourth-order valence-corrected chi connectivity index (χ4v) is 2.89. The Morgan fingerprint density at radius 3 is 2.16 bits per heavy atom. The lowest BCUT2D eigenvalue weighted by molar-refractivity contribution is 0.0696. The van der Waals surface area contributed by atoms with Gasteiger partial charge in [0.2, 0.25) is 0 Å². The number of aromatic nitrogens is 1. The second kappa shape index (κ2) is 9.75. The van der Waals surface area contributed by atoms with Crippen LogP contribution in [-0.4, -0.2) is 28.1 Å². The van der Waals surface area contributed by atoms with E-state index in [2.05, 4.69) is 10.3 Å². The van der Waals surface area contributed by atoms with Gasteiger partial charge in [-0.25, -0.2) is 9.78 Å². The van der Waals surface area contributed by atoms with Crippen LogP contribution in [0.1, 0.15) is 53.2 Å². The number of nitrogens with one attached hydrogen (secondary N) is 1. The lowest BCUT2D eigenvalue weighted by atomic mass is 10.1. The maximum absolute atomic E-state index is 12.8. The van der Waals surface area contributed by atoms with Crippen molar-refractivity contribution in [2.24, 2.45) is 0 Å². The van der Waals surface area contributed by atoms with Crippen LogP contribution >= 0.6 is 0 Å². The summed E-state index contributed by atoms with van der Waals surface area (Å²) in [4.78, 5) is 27.7. The number of benzene rings is 2. The molecule has 1 aromatic heterocycles. The van der Waals surface area contributed by atoms with Crippen LogP contribution < -0.4 is 14.8 Å². The largest absolute Gasteiger partial charge is 0.491 e. The van der Waals surface area contributed by atoms with Crippen LogP contribution in [0.5, 0.6) is 11.5 Å². The van der Waals surface area contributed by atoms with E-state index in [-0.39, 0.29) is 23.6 Å². The van der Waals surface area contributed by atoms with Crippen molar-refractivity contribution in [2.45, 2.75) is 33.0 Å². The fraction of sp³-hybridized carbons (Fsp3) is 0.208. The molecule has 0 bridgehead atoms. The van der Waals surface area contributed by atoms with Gasteiger partial charge in [0, 0.05) is 17.8 Å². The van der Waals surface area contributed by atoms with Crippen LogP contribution in [0.3, 0.4) is 0 Å². The highest BCUT2D eigenvalue weighted by Gasteiger charge is 2.15. The Morgan fingerprint density at radius 1 is 0.903 bits per heavy atom. The molecule has 7 heteroatoms. The van der Waals surface area contributed by atoms with E-state index in [1.807, 2.05) is 51.1 Å². The van der Waals surface area contributed by atoms with E-state index in [1.54, 1.807) is 18.2 Å². The number of hydrogen-bond donors (Lipinski definition) is 2. The van der Waals surface area contributed by atoms with Crippen LogP contribution in [0.15, 0.2) is 66.9 Å². The van der Waals surface area contributed by atoms with Gasteiger partial charge in [-0.3, -0.25) is 4.79 Å². The first kappa shape index (κ1) is 21.8. The zero-order valence-corrected chi connectivity index (χ0v) is 17.5. The molecule has 0 aliphatic heterocycles. The first-order chi connectivity index (χ1) is 14.8. The third kappa shape index (κ3) is 6.05. The quantitative estimate of drug-likeness (QED) is 0.535. The number of hydrogen-bond acceptors (Lipinski definition) is 5. The van der Waals surface area contributed by atoms with Crippen molar-refractivity contribution in [2.75, 3.05) is 5.32 Å². The van der Waals surface area contributed by atoms with Gasteiger partial charge < -0.3 is 19.9 Å². The topological polar surface area (TPSA) is 97.8 Å². The van der Waals surface area contributed by atoms with Gasteiger partial charge in [0.1, 0.15) is 23.4 Å². The summed E-state index contributed by atoms with van der Waals surface area (Å²) in [6, 6.07) is 17.6. The summed E-state index contributed by atoms with van der Waals surface area (Å²) in [5, 5.41) is 11.6. The highest BCUT2D eigenvalue weighted by atomic mass is 16.5. The minimum atomic E-state index is -1.08. The number of carboxylic acids is 1. The van der Waals surface area contributed by atoms with Gasteiger partial charge in [-0.1, -0.05) is 30.3 Å². The van der Waals surface area contributed by atoms with Gasteiger partial charge in [-0.2, -0.15) is 0 Å². The monoisotopic (exact) mass is 420 g/mol. The summed E-state index contributed by atoms with van der Waals surface area (Å²) in [6.07, 6.45) is 0.881. The predicted octanol–water partition coefficient (Wildman–Crippen LogP) is 4.96. The van der Waals surface area contributed by atoms with Crippen molar-refractivity contribution in [1.29, 1.82) is 0 Å². The van der Waals surface area contributed by atoms with Crippen molar-refractivity contribution < 1.29 is 24.2 Å². The summed E-state index contributed by atoms with van der Waals surface area (Å²) in [7, 11) is 0. The van der Waals surface area contributed by atoms with E-state index in [4.69, 9.17) is 14.6 Å². The second-order valence-electron chi connectivity index (χ2n) is 7.22. The molecule has 0 saturated carbocycles. The van der Waals surface area contributed by atoms with Gasteiger partial charge in [0.25, 0.3) is 5.91 Å². The van der Waals surface area contributed by atoms with E-state index in [0.717, 1.165) is 5.56 Å². The van der Waals surface area contributed by atoms with E-state index in [1.165, 1.54) is 18.3 Å². The van der Waals surface area contributed by atoms with Crippen molar-refractivity contribution in [3.8, 4) is 11.5 Å². The highest BCUT2D eigenvalue weighted by molar-refractivity contribution is 6.04. The van der Waals surface area contributed by atoms with Crippen LogP contribution in [0.2, 0.25) is 0 Å². The van der Waals surface area contributed by atoms with E-state index < -0.39 is 11.9 Å². The zero-order valence-electron chi connectivity index (χ0n) is 17.5. The molecule has 7 nitrogen and oxygen atoms in total. The normalized spacial score (nSPS) is 11.6. The van der Waals surface area contributed by atoms with Crippen molar-refractivity contribution in [3.63, 3.8) is 0 Å². The number of anilines is 1. The SMILES string of the molecule is CC(C)Oc1cc(O[C@@H](C)c2ccccc2)cc(C(=O)Nc2ccc(C(=O)O)cn2)c1. The van der Waals surface area contributed by atoms with Crippen LogP contribution in [0.25, 0.3) is 0 Å². The molecular weight excluding hydrogens is 396 g/mol. The third-order valence-electron chi connectivity index (χ3n) is 4.35. The van der Waals surface area contributed by atoms with Crippen molar-refractivity contribution >= 4 is 17.7 Å². The van der Waals surface area contributed by atoms with E-state index >= 15 is 0 Å². The van der Waals surface area contributed by atoms with E-state index in [9.17, 15) is 9.59 Å². The third-order valence-corrected chi connectivity index (χ3v) is 4.35. The summed E-state index contributed by atoms with van der Waals surface area (Å²) >= 11 is 0. The lowest BCUT2D eigenvalue weighted by Gasteiger charge is -2.18. The molecule has 2 N–H and O–H groups in total. The Balaban J connectivity index is 1.83. The molecule has 1 atom stereocenters. The Morgan fingerprint density at radius 2 is 1.58 bits per heavy atom. The van der Waals surface area contributed by atoms with Crippen LogP contribution in [0, 0.1) is 0 Å². The molecule has 0 aliphatic carbocycles. The molecule has 31 heavy (non-hydrogen) atoms. The number of carbonyl (C=O) groups excluding carboxylic acids is 1. The molecule has 160 valence electrons. The van der Waals surface area contributed by atoms with Gasteiger partial charge in [-0.05, 0) is 50.6 Å². The molecule has 1 amide bonds. The van der Waals surface area contributed by atoms with Crippen molar-refractivity contribution in [3.05, 3.63) is 83.6 Å². The summed E-state index contributed by atoms with van der Waals surface area (Å²) in [5.41, 5.74) is 1.37. The number of carboxylic acid groups (broad SMARTS) is 1. The first-order valence-electron chi connectivity index (χ1n) is 9.86. The molecule has 0 radical (unpaired) electrons. The minimum absolute atomic E-state index is 0.0379. The molecule has 1 heterocycles. The Bertz CT molecular complexity index is 1050. The smallest absolute Gasteiger partial charge is 0.337 e. The molecule has 2 aromatic carbocycles. The molecule has 3 aromatic rings. The average Bonchev–Trinajstić information content (AvgIpc) is 2.74. The molecule has 0 spiro atoms. The molecule has 0 unspecified atom stereocenters. The Hall–Kier alpha value is -3.87. The number of pyridine rings is 1. The predicted molar refractivity (Wildman–Crippen MR) is 117 cm³/mol. The van der Waals surface area contributed by atoms with Crippen LogP contribution in [-0.2, 0) is 0 Å². The highest BCUT2D eigenvalue weighted by Crippen LogP contribution is 2.28. The number of rotatable bonds is 8. The Labute approximate surface area is 180 Å². The van der Waals surface area contributed by atoms with Gasteiger partial charge in [0.15, 0.2) is 0 Å². The number of ether oxygens (including phenoxy) is 2. The Kier molecular flexibility index (Phi) is 6.87. The first-order valence-corrected chi connectivity index (χ1v) is 9.86. The number of nitrogens with zero attached hydrogens (tertiary/aromatic N) is 1. The maximum atomic E-state index is 12.8. The van der Waals surface area contributed by atoms with Gasteiger partial charge in [-0.15, -0.1) is 0 Å². The lowest BCUT2D eigenvalue weighted by Crippen LogP contribution is -2.15. The second-order valence-corrected chi connectivity index (χ2v) is 7.22. The molecule has 3 rings (SSSR count). The molecule has 0 aliphatic rings. The minimum Gasteiger partial charge on any atom is -0.491 e. The standard InChI is InChI=1S/C24H24N2O5/c1-15(2)30-20-11-19(23(27)26-22-10-9-18(14-25-22)24(28)29)12-21(13-20)31-16(3)17-7-5-4-6-8-17/h4-16H,1-3H3,(H,28,29)(H,25,26,27)/t16-/m0/s1. The molecule has 0 saturated heterocycles. The van der Waals surface area contributed by atoms with Gasteiger partial charge >= 0.3 is 5.97 Å². The summed E-state index contributed by atoms with van der Waals surface area (Å²) in [5.74, 6) is -0.258. The molecule has 0 fully saturated rings. The summed E-state index contributed by atoms with van der Waals surface area (Å²) in [6.45, 7) is 5.72. The summed E-state index contributed by atoms with van der Waals surface area (Å²) < 4.78 is 11.8. The number of carbonyl (C=O) groups is 2.